The van der Waals surface area contributed by atoms with Crippen molar-refractivity contribution in [2.24, 2.45) is 0 Å². The summed E-state index contributed by atoms with van der Waals surface area (Å²) in [5.41, 5.74) is 7.38. The number of nitrogens with zero attached hydrogens (tertiary/aromatic N) is 3. The third-order valence-corrected chi connectivity index (χ3v) is 3.40. The van der Waals surface area contributed by atoms with Crippen molar-refractivity contribution in [3.05, 3.63) is 48.0 Å². The molecule has 1 aliphatic heterocycles. The van der Waals surface area contributed by atoms with Crippen molar-refractivity contribution < 1.29 is 4.79 Å². The molecule has 0 atom stereocenters. The number of carbonyl (C=O) groups excluding carboxylic acids is 1. The van der Waals surface area contributed by atoms with Gasteiger partial charge in [-0.1, -0.05) is 12.1 Å². The minimum atomic E-state index is 0.125. The van der Waals surface area contributed by atoms with Gasteiger partial charge in [0.1, 0.15) is 5.82 Å². The van der Waals surface area contributed by atoms with Crippen LogP contribution in [-0.2, 0) is 24.3 Å². The highest BCUT2D eigenvalue weighted by Crippen LogP contribution is 2.13. The number of hydrogen-bond acceptors (Lipinski definition) is 3. The molecule has 0 unspecified atom stereocenters. The highest BCUT2D eigenvalue weighted by atomic mass is 16.2. The lowest BCUT2D eigenvalue weighted by Crippen LogP contribution is -2.39. The zero-order chi connectivity index (χ0) is 13.2. The summed E-state index contributed by atoms with van der Waals surface area (Å²) < 4.78 is 2.09. The van der Waals surface area contributed by atoms with E-state index in [4.69, 9.17) is 5.73 Å². The van der Waals surface area contributed by atoms with Crippen LogP contribution in [0.4, 0.5) is 5.69 Å². The third-order valence-electron chi connectivity index (χ3n) is 3.40. The van der Waals surface area contributed by atoms with Gasteiger partial charge in [0, 0.05) is 31.2 Å². The fourth-order valence-electron chi connectivity index (χ4n) is 2.38. The van der Waals surface area contributed by atoms with Crippen LogP contribution in [0.3, 0.4) is 0 Å². The summed E-state index contributed by atoms with van der Waals surface area (Å²) in [5.74, 6) is 1.08. The monoisotopic (exact) mass is 256 g/mol. The summed E-state index contributed by atoms with van der Waals surface area (Å²) in [6.07, 6.45) is 4.13. The highest BCUT2D eigenvalue weighted by Gasteiger charge is 2.21. The summed E-state index contributed by atoms with van der Waals surface area (Å²) in [6.45, 7) is 2.15. The maximum atomic E-state index is 12.3. The predicted octanol–water partition coefficient (Wildman–Crippen LogP) is 1.05. The number of nitrogens with two attached hydrogens (primary N) is 1. The van der Waals surface area contributed by atoms with Gasteiger partial charge in [-0.3, -0.25) is 4.79 Å². The molecule has 2 aromatic rings. The molecule has 98 valence electrons. The molecular formula is C14H16N4O. The molecule has 1 aromatic carbocycles. The van der Waals surface area contributed by atoms with Gasteiger partial charge >= 0.3 is 0 Å². The molecule has 2 N–H and O–H groups in total. The Bertz CT molecular complexity index is 605. The lowest BCUT2D eigenvalue weighted by molar-refractivity contribution is -0.132. The molecule has 5 nitrogen and oxygen atoms in total. The summed E-state index contributed by atoms with van der Waals surface area (Å²) in [4.78, 5) is 18.4. The zero-order valence-corrected chi connectivity index (χ0v) is 10.6. The predicted molar refractivity (Wildman–Crippen MR) is 72.2 cm³/mol. The third kappa shape index (κ3) is 2.45. The number of carbonyl (C=O) groups is 1. The van der Waals surface area contributed by atoms with Crippen molar-refractivity contribution in [2.45, 2.75) is 19.5 Å². The van der Waals surface area contributed by atoms with Gasteiger partial charge in [0.2, 0.25) is 5.91 Å². The first-order valence-electron chi connectivity index (χ1n) is 6.34. The van der Waals surface area contributed by atoms with Crippen LogP contribution in [0.5, 0.6) is 0 Å². The second-order valence-corrected chi connectivity index (χ2v) is 4.77. The van der Waals surface area contributed by atoms with Gasteiger partial charge in [-0.05, 0) is 17.7 Å². The van der Waals surface area contributed by atoms with Crippen molar-refractivity contribution in [1.82, 2.24) is 14.5 Å². The molecule has 3 rings (SSSR count). The SMILES string of the molecule is Nc1cccc(CC(=O)N2CCn3ccnc3C2)c1. The molecule has 1 aliphatic rings. The highest BCUT2D eigenvalue weighted by molar-refractivity contribution is 5.79. The first-order chi connectivity index (χ1) is 9.22. The van der Waals surface area contributed by atoms with Crippen LogP contribution in [0.2, 0.25) is 0 Å². The topological polar surface area (TPSA) is 64.2 Å². The largest absolute Gasteiger partial charge is 0.399 e. The quantitative estimate of drug-likeness (QED) is 0.817. The Hall–Kier alpha value is -2.30. The smallest absolute Gasteiger partial charge is 0.227 e. The normalized spacial score (nSPS) is 14.2. The Kier molecular flexibility index (Phi) is 2.95. The number of rotatable bonds is 2. The van der Waals surface area contributed by atoms with E-state index in [1.165, 1.54) is 0 Å². The van der Waals surface area contributed by atoms with E-state index in [2.05, 4.69) is 9.55 Å². The molecule has 5 heteroatoms. The van der Waals surface area contributed by atoms with Crippen LogP contribution in [0.25, 0.3) is 0 Å². The Balaban J connectivity index is 1.69. The summed E-state index contributed by atoms with van der Waals surface area (Å²) >= 11 is 0. The van der Waals surface area contributed by atoms with E-state index in [9.17, 15) is 4.79 Å². The van der Waals surface area contributed by atoms with Gasteiger partial charge in [0.25, 0.3) is 0 Å². The minimum Gasteiger partial charge on any atom is -0.399 e. The summed E-state index contributed by atoms with van der Waals surface area (Å²) in [5, 5.41) is 0. The number of nitrogen functional groups attached to an aromatic ring is 1. The molecule has 1 aromatic heterocycles. The van der Waals surface area contributed by atoms with E-state index in [0.29, 0.717) is 18.7 Å². The molecule has 0 saturated heterocycles. The molecule has 0 bridgehead atoms. The van der Waals surface area contributed by atoms with Crippen LogP contribution in [0, 0.1) is 0 Å². The van der Waals surface area contributed by atoms with Gasteiger partial charge in [0.05, 0.1) is 13.0 Å². The number of hydrogen-bond donors (Lipinski definition) is 1. The first kappa shape index (κ1) is 11.8. The van der Waals surface area contributed by atoms with Crippen LogP contribution < -0.4 is 5.73 Å². The maximum absolute atomic E-state index is 12.3. The van der Waals surface area contributed by atoms with E-state index < -0.39 is 0 Å². The number of fused-ring (bicyclic) bond motifs is 1. The molecule has 2 heterocycles. The molecule has 19 heavy (non-hydrogen) atoms. The van der Waals surface area contributed by atoms with Crippen LogP contribution in [-0.4, -0.2) is 26.9 Å². The Morgan fingerprint density at radius 2 is 2.26 bits per heavy atom. The molecular weight excluding hydrogens is 240 g/mol. The van der Waals surface area contributed by atoms with E-state index in [1.807, 2.05) is 35.4 Å². The maximum Gasteiger partial charge on any atom is 0.227 e. The van der Waals surface area contributed by atoms with Crippen molar-refractivity contribution in [1.29, 1.82) is 0 Å². The lowest BCUT2D eigenvalue weighted by Gasteiger charge is -2.27. The standard InChI is InChI=1S/C14H16N4O/c15-12-3-1-2-11(8-12)9-14(19)18-7-6-17-5-4-16-13(17)10-18/h1-5,8H,6-7,9-10,15H2. The van der Waals surface area contributed by atoms with E-state index >= 15 is 0 Å². The van der Waals surface area contributed by atoms with Crippen LogP contribution in [0.15, 0.2) is 36.7 Å². The molecule has 0 radical (unpaired) electrons. The van der Waals surface area contributed by atoms with Gasteiger partial charge in [0.15, 0.2) is 0 Å². The number of benzene rings is 1. The molecule has 0 saturated carbocycles. The molecule has 0 fully saturated rings. The van der Waals surface area contributed by atoms with E-state index in [1.54, 1.807) is 6.20 Å². The fraction of sp³-hybridized carbons (Fsp3) is 0.286. The van der Waals surface area contributed by atoms with Crippen molar-refractivity contribution >= 4 is 11.6 Å². The Labute approximate surface area is 111 Å². The van der Waals surface area contributed by atoms with E-state index in [0.717, 1.165) is 24.5 Å². The lowest BCUT2D eigenvalue weighted by atomic mass is 10.1. The molecule has 0 aliphatic carbocycles. The number of anilines is 1. The number of imidazole rings is 1. The van der Waals surface area contributed by atoms with Gasteiger partial charge in [-0.2, -0.15) is 0 Å². The minimum absolute atomic E-state index is 0.125. The van der Waals surface area contributed by atoms with Gasteiger partial charge < -0.3 is 15.2 Å². The van der Waals surface area contributed by atoms with Crippen molar-refractivity contribution in [2.75, 3.05) is 12.3 Å². The van der Waals surface area contributed by atoms with Gasteiger partial charge in [-0.25, -0.2) is 4.98 Å². The Morgan fingerprint density at radius 3 is 3.11 bits per heavy atom. The van der Waals surface area contributed by atoms with Crippen molar-refractivity contribution in [3.8, 4) is 0 Å². The molecule has 1 amide bonds. The second-order valence-electron chi connectivity index (χ2n) is 4.77. The Morgan fingerprint density at radius 1 is 1.37 bits per heavy atom. The van der Waals surface area contributed by atoms with Crippen LogP contribution in [0.1, 0.15) is 11.4 Å². The number of amides is 1. The fourth-order valence-corrected chi connectivity index (χ4v) is 2.38. The summed E-state index contributed by atoms with van der Waals surface area (Å²) in [7, 11) is 0. The van der Waals surface area contributed by atoms with Gasteiger partial charge in [-0.15, -0.1) is 0 Å². The molecule has 0 spiro atoms. The zero-order valence-electron chi connectivity index (χ0n) is 10.6. The average Bonchev–Trinajstić information content (AvgIpc) is 2.85. The number of aromatic nitrogens is 2. The van der Waals surface area contributed by atoms with Crippen LogP contribution >= 0.6 is 0 Å². The average molecular weight is 256 g/mol. The first-order valence-corrected chi connectivity index (χ1v) is 6.34. The van der Waals surface area contributed by atoms with Crippen molar-refractivity contribution in [3.63, 3.8) is 0 Å². The second kappa shape index (κ2) is 4.76. The summed E-state index contributed by atoms with van der Waals surface area (Å²) in [6, 6.07) is 7.48. The van der Waals surface area contributed by atoms with E-state index in [-0.39, 0.29) is 5.91 Å².